The van der Waals surface area contributed by atoms with Crippen LogP contribution in [0.15, 0.2) is 35.3 Å². The SMILES string of the molecule is CC(C)N(C(=O)c1cc(NC(=O)c2ccc(F)cc2F)c(=O)n(C)c1)C(C)C. The first-order chi connectivity index (χ1) is 13.0. The zero-order chi connectivity index (χ0) is 21.2. The predicted molar refractivity (Wildman–Crippen MR) is 102 cm³/mol. The summed E-state index contributed by atoms with van der Waals surface area (Å²) < 4.78 is 28.0. The molecular weight excluding hydrogens is 368 g/mol. The molecule has 150 valence electrons. The third kappa shape index (κ3) is 4.44. The largest absolute Gasteiger partial charge is 0.334 e. The van der Waals surface area contributed by atoms with Crippen molar-refractivity contribution in [3.63, 3.8) is 0 Å². The lowest BCUT2D eigenvalue weighted by Gasteiger charge is -2.31. The van der Waals surface area contributed by atoms with Crippen LogP contribution >= 0.6 is 0 Å². The maximum absolute atomic E-state index is 13.8. The fourth-order valence-corrected chi connectivity index (χ4v) is 3.00. The summed E-state index contributed by atoms with van der Waals surface area (Å²) in [6.45, 7) is 7.50. The summed E-state index contributed by atoms with van der Waals surface area (Å²) in [7, 11) is 1.45. The number of pyridine rings is 1. The molecule has 0 unspecified atom stereocenters. The number of nitrogens with zero attached hydrogens (tertiary/aromatic N) is 2. The van der Waals surface area contributed by atoms with Crippen LogP contribution in [0.2, 0.25) is 0 Å². The summed E-state index contributed by atoms with van der Waals surface area (Å²) in [5, 5.41) is 2.31. The average molecular weight is 391 g/mol. The lowest BCUT2D eigenvalue weighted by atomic mass is 10.1. The molecule has 0 atom stereocenters. The molecule has 0 fully saturated rings. The standard InChI is InChI=1S/C20H23F2N3O3/c1-11(2)25(12(3)4)19(27)13-8-17(20(28)24(5)10-13)23-18(26)15-7-6-14(21)9-16(15)22/h6-12H,1-5H3,(H,23,26). The Morgan fingerprint density at radius 2 is 1.68 bits per heavy atom. The zero-order valence-electron chi connectivity index (χ0n) is 16.4. The Labute approximate surface area is 161 Å². The number of halogens is 2. The van der Waals surface area contributed by atoms with Gasteiger partial charge in [-0.15, -0.1) is 0 Å². The average Bonchev–Trinajstić information content (AvgIpc) is 2.57. The Morgan fingerprint density at radius 1 is 1.07 bits per heavy atom. The van der Waals surface area contributed by atoms with Crippen molar-refractivity contribution in [2.45, 2.75) is 39.8 Å². The van der Waals surface area contributed by atoms with Crippen LogP contribution in [-0.4, -0.2) is 33.4 Å². The van der Waals surface area contributed by atoms with E-state index in [1.54, 1.807) is 4.90 Å². The molecular formula is C20H23F2N3O3. The summed E-state index contributed by atoms with van der Waals surface area (Å²) in [6, 6.07) is 3.63. The van der Waals surface area contributed by atoms with Crippen LogP contribution in [0.5, 0.6) is 0 Å². The second-order valence-electron chi connectivity index (χ2n) is 7.04. The number of carbonyl (C=O) groups excluding carboxylic acids is 2. The number of hydrogen-bond acceptors (Lipinski definition) is 3. The van der Waals surface area contributed by atoms with E-state index >= 15 is 0 Å². The Balaban J connectivity index is 2.42. The third-order valence-electron chi connectivity index (χ3n) is 4.20. The molecule has 0 saturated heterocycles. The van der Waals surface area contributed by atoms with Gasteiger partial charge in [0.25, 0.3) is 17.4 Å². The molecule has 1 N–H and O–H groups in total. The van der Waals surface area contributed by atoms with Crippen molar-refractivity contribution in [2.24, 2.45) is 7.05 Å². The highest BCUT2D eigenvalue weighted by Gasteiger charge is 2.23. The molecule has 0 aliphatic rings. The van der Waals surface area contributed by atoms with Gasteiger partial charge >= 0.3 is 0 Å². The van der Waals surface area contributed by atoms with Crippen molar-refractivity contribution < 1.29 is 18.4 Å². The van der Waals surface area contributed by atoms with E-state index in [-0.39, 0.29) is 29.2 Å². The highest BCUT2D eigenvalue weighted by Crippen LogP contribution is 2.16. The maximum Gasteiger partial charge on any atom is 0.274 e. The van der Waals surface area contributed by atoms with E-state index in [4.69, 9.17) is 0 Å². The van der Waals surface area contributed by atoms with E-state index in [2.05, 4.69) is 5.32 Å². The summed E-state index contributed by atoms with van der Waals surface area (Å²) in [5.74, 6) is -3.08. The smallest absolute Gasteiger partial charge is 0.274 e. The molecule has 0 spiro atoms. The number of aryl methyl sites for hydroxylation is 1. The van der Waals surface area contributed by atoms with Crippen molar-refractivity contribution in [1.82, 2.24) is 9.47 Å². The van der Waals surface area contributed by atoms with Crippen molar-refractivity contribution >= 4 is 17.5 Å². The molecule has 6 nitrogen and oxygen atoms in total. The quantitative estimate of drug-likeness (QED) is 0.851. The number of anilines is 1. The number of rotatable bonds is 5. The lowest BCUT2D eigenvalue weighted by Crippen LogP contribution is -2.42. The monoisotopic (exact) mass is 391 g/mol. The van der Waals surface area contributed by atoms with E-state index in [0.717, 1.165) is 12.1 Å². The molecule has 1 heterocycles. The van der Waals surface area contributed by atoms with Gasteiger partial charge in [0.1, 0.15) is 17.3 Å². The first-order valence-electron chi connectivity index (χ1n) is 8.82. The minimum absolute atomic E-state index is 0.0731. The van der Waals surface area contributed by atoms with Crippen molar-refractivity contribution in [2.75, 3.05) is 5.32 Å². The highest BCUT2D eigenvalue weighted by atomic mass is 19.1. The number of carbonyl (C=O) groups is 2. The van der Waals surface area contributed by atoms with Crippen LogP contribution in [0.4, 0.5) is 14.5 Å². The minimum atomic E-state index is -1.05. The number of amides is 2. The summed E-state index contributed by atoms with van der Waals surface area (Å²) in [5.41, 5.74) is -0.937. The molecule has 0 aliphatic carbocycles. The number of aromatic nitrogens is 1. The van der Waals surface area contributed by atoms with E-state index < -0.39 is 28.7 Å². The Kier molecular flexibility index (Phi) is 6.33. The number of benzene rings is 1. The molecule has 0 saturated carbocycles. The molecule has 0 radical (unpaired) electrons. The second kappa shape index (κ2) is 8.33. The molecule has 28 heavy (non-hydrogen) atoms. The van der Waals surface area contributed by atoms with E-state index in [9.17, 15) is 23.2 Å². The molecule has 1 aromatic carbocycles. The molecule has 2 aromatic rings. The fourth-order valence-electron chi connectivity index (χ4n) is 3.00. The highest BCUT2D eigenvalue weighted by molar-refractivity contribution is 6.05. The molecule has 1 aromatic heterocycles. The molecule has 0 aliphatic heterocycles. The summed E-state index contributed by atoms with van der Waals surface area (Å²) in [4.78, 5) is 39.2. The number of hydrogen-bond donors (Lipinski definition) is 1. The summed E-state index contributed by atoms with van der Waals surface area (Å²) >= 11 is 0. The van der Waals surface area contributed by atoms with Crippen molar-refractivity contribution in [1.29, 1.82) is 0 Å². The van der Waals surface area contributed by atoms with Gasteiger partial charge in [-0.05, 0) is 45.9 Å². The Bertz CT molecular complexity index is 960. The minimum Gasteiger partial charge on any atom is -0.334 e. The van der Waals surface area contributed by atoms with E-state index in [1.165, 1.54) is 23.9 Å². The summed E-state index contributed by atoms with van der Waals surface area (Å²) in [6.07, 6.45) is 1.39. The topological polar surface area (TPSA) is 71.4 Å². The van der Waals surface area contributed by atoms with Gasteiger partial charge < -0.3 is 14.8 Å². The van der Waals surface area contributed by atoms with Gasteiger partial charge in [0.05, 0.1) is 11.1 Å². The van der Waals surface area contributed by atoms with Crippen LogP contribution in [-0.2, 0) is 7.05 Å². The van der Waals surface area contributed by atoms with Crippen LogP contribution in [0.25, 0.3) is 0 Å². The van der Waals surface area contributed by atoms with E-state index in [1.807, 2.05) is 27.7 Å². The maximum atomic E-state index is 13.8. The van der Waals surface area contributed by atoms with Crippen LogP contribution in [0.3, 0.4) is 0 Å². The van der Waals surface area contributed by atoms with Crippen molar-refractivity contribution in [3.8, 4) is 0 Å². The van der Waals surface area contributed by atoms with Gasteiger partial charge in [-0.1, -0.05) is 0 Å². The van der Waals surface area contributed by atoms with Crippen LogP contribution in [0, 0.1) is 11.6 Å². The van der Waals surface area contributed by atoms with Gasteiger partial charge in [-0.3, -0.25) is 14.4 Å². The Morgan fingerprint density at radius 3 is 2.21 bits per heavy atom. The molecule has 2 rings (SSSR count). The third-order valence-corrected chi connectivity index (χ3v) is 4.20. The molecule has 8 heteroatoms. The lowest BCUT2D eigenvalue weighted by molar-refractivity contribution is 0.0642. The first-order valence-corrected chi connectivity index (χ1v) is 8.82. The second-order valence-corrected chi connectivity index (χ2v) is 7.04. The predicted octanol–water partition coefficient (Wildman–Crippen LogP) is 3.17. The van der Waals surface area contributed by atoms with Gasteiger partial charge in [0.15, 0.2) is 0 Å². The van der Waals surface area contributed by atoms with Crippen LogP contribution < -0.4 is 10.9 Å². The van der Waals surface area contributed by atoms with Gasteiger partial charge in [0, 0.05) is 31.4 Å². The fraction of sp³-hybridized carbons (Fsp3) is 0.350. The van der Waals surface area contributed by atoms with E-state index in [0.29, 0.717) is 6.07 Å². The number of nitrogens with one attached hydrogen (secondary N) is 1. The van der Waals surface area contributed by atoms with Crippen molar-refractivity contribution in [3.05, 3.63) is 63.6 Å². The first kappa shape index (κ1) is 21.3. The Hall–Kier alpha value is -3.03. The van der Waals surface area contributed by atoms with Crippen LogP contribution in [0.1, 0.15) is 48.4 Å². The zero-order valence-corrected chi connectivity index (χ0v) is 16.4. The normalized spacial score (nSPS) is 11.0. The van der Waals surface area contributed by atoms with Gasteiger partial charge in [-0.25, -0.2) is 8.78 Å². The van der Waals surface area contributed by atoms with Gasteiger partial charge in [-0.2, -0.15) is 0 Å². The molecule has 2 amide bonds. The van der Waals surface area contributed by atoms with Gasteiger partial charge in [0.2, 0.25) is 0 Å². The molecule has 0 bridgehead atoms.